The van der Waals surface area contributed by atoms with Gasteiger partial charge in [-0.25, -0.2) is 13.4 Å². The lowest BCUT2D eigenvalue weighted by Gasteiger charge is -2.07. The van der Waals surface area contributed by atoms with Gasteiger partial charge in [0.15, 0.2) is 21.6 Å². The maximum Gasteiger partial charge on any atom is 0.306 e. The van der Waals surface area contributed by atoms with Crippen molar-refractivity contribution in [3.05, 3.63) is 46.7 Å². The zero-order valence-electron chi connectivity index (χ0n) is 14.5. The quantitative estimate of drug-likeness (QED) is 0.740. The molecule has 1 unspecified atom stereocenters. The fourth-order valence-electron chi connectivity index (χ4n) is 2.53. The Morgan fingerprint density at radius 1 is 1.30 bits per heavy atom. The van der Waals surface area contributed by atoms with Crippen LogP contribution in [0.25, 0.3) is 11.3 Å². The summed E-state index contributed by atoms with van der Waals surface area (Å²) in [4.78, 5) is 28.0. The number of aryl methyl sites for hydroxylation is 1. The van der Waals surface area contributed by atoms with Crippen molar-refractivity contribution in [3.63, 3.8) is 0 Å². The molecule has 0 radical (unpaired) electrons. The number of sulfone groups is 1. The third-order valence-corrected chi connectivity index (χ3v) is 6.12. The van der Waals surface area contributed by atoms with Crippen molar-refractivity contribution >= 4 is 38.2 Å². The van der Waals surface area contributed by atoms with Crippen LogP contribution in [0.1, 0.15) is 12.0 Å². The molecule has 9 heteroatoms. The molecule has 1 N–H and O–H groups in total. The van der Waals surface area contributed by atoms with Gasteiger partial charge < -0.3 is 4.74 Å². The fraction of sp³-hybridized carbons (Fsp3) is 0.278. The van der Waals surface area contributed by atoms with Crippen molar-refractivity contribution in [2.45, 2.75) is 13.3 Å². The van der Waals surface area contributed by atoms with Crippen LogP contribution in [0, 0.1) is 12.8 Å². The van der Waals surface area contributed by atoms with Crippen LogP contribution in [0.3, 0.4) is 0 Å². The van der Waals surface area contributed by atoms with Gasteiger partial charge in [0.2, 0.25) is 0 Å². The summed E-state index contributed by atoms with van der Waals surface area (Å²) >= 11 is 1.28. The molecule has 0 aliphatic carbocycles. The van der Waals surface area contributed by atoms with Gasteiger partial charge in [-0.1, -0.05) is 35.9 Å². The fourth-order valence-corrected chi connectivity index (χ4v) is 4.66. The number of allylic oxidation sites excluding steroid dienone is 1. The highest BCUT2D eigenvalue weighted by molar-refractivity contribution is 7.94. The number of carbonyl (C=O) groups excluding carboxylic acids is 2. The Hall–Kier alpha value is -2.52. The molecule has 0 spiro atoms. The molecule has 1 atom stereocenters. The first kappa shape index (κ1) is 19.2. The molecule has 1 aromatic heterocycles. The van der Waals surface area contributed by atoms with Crippen LogP contribution in [0.5, 0.6) is 0 Å². The Morgan fingerprint density at radius 3 is 2.70 bits per heavy atom. The van der Waals surface area contributed by atoms with Crippen LogP contribution in [0.4, 0.5) is 5.13 Å². The summed E-state index contributed by atoms with van der Waals surface area (Å²) in [5.74, 6) is -1.62. The van der Waals surface area contributed by atoms with Crippen LogP contribution in [0.2, 0.25) is 0 Å². The Balaban J connectivity index is 1.46. The summed E-state index contributed by atoms with van der Waals surface area (Å²) in [7, 11) is -3.21. The second-order valence-electron chi connectivity index (χ2n) is 6.24. The lowest BCUT2D eigenvalue weighted by Crippen LogP contribution is -2.22. The smallest absolute Gasteiger partial charge is 0.306 e. The Morgan fingerprint density at radius 2 is 2.04 bits per heavy atom. The third kappa shape index (κ3) is 5.48. The van der Waals surface area contributed by atoms with E-state index in [4.69, 9.17) is 4.74 Å². The van der Waals surface area contributed by atoms with Crippen LogP contribution in [-0.4, -0.2) is 37.6 Å². The summed E-state index contributed by atoms with van der Waals surface area (Å²) in [5, 5.41) is 5.94. The molecular formula is C18H18N2O5S2. The van der Waals surface area contributed by atoms with Gasteiger partial charge in [0.25, 0.3) is 5.91 Å². The molecule has 0 saturated heterocycles. The van der Waals surface area contributed by atoms with Gasteiger partial charge >= 0.3 is 5.97 Å². The molecule has 1 aliphatic heterocycles. The number of benzene rings is 1. The van der Waals surface area contributed by atoms with E-state index in [1.807, 2.05) is 36.6 Å². The lowest BCUT2D eigenvalue weighted by molar-refractivity contribution is -0.147. The number of amides is 1. The Kier molecular flexibility index (Phi) is 5.71. The van der Waals surface area contributed by atoms with Crippen LogP contribution in [0.15, 0.2) is 41.1 Å². The molecule has 142 valence electrons. The highest BCUT2D eigenvalue weighted by Crippen LogP contribution is 2.25. The minimum atomic E-state index is -3.21. The van der Waals surface area contributed by atoms with E-state index in [9.17, 15) is 18.0 Å². The maximum absolute atomic E-state index is 11.9. The molecule has 3 rings (SSSR count). The van der Waals surface area contributed by atoms with Gasteiger partial charge in [-0.15, -0.1) is 11.3 Å². The third-order valence-electron chi connectivity index (χ3n) is 3.90. The predicted molar refractivity (Wildman–Crippen MR) is 103 cm³/mol. The van der Waals surface area contributed by atoms with Crippen molar-refractivity contribution < 1.29 is 22.7 Å². The van der Waals surface area contributed by atoms with Crippen molar-refractivity contribution in [1.82, 2.24) is 4.98 Å². The highest BCUT2D eigenvalue weighted by atomic mass is 32.2. The second-order valence-corrected chi connectivity index (χ2v) is 9.02. The number of aromatic nitrogens is 1. The van der Waals surface area contributed by atoms with E-state index in [1.54, 1.807) is 0 Å². The van der Waals surface area contributed by atoms with E-state index < -0.39 is 34.2 Å². The number of ether oxygens (including phenoxy) is 1. The topological polar surface area (TPSA) is 102 Å². The number of nitrogens with one attached hydrogen (secondary N) is 1. The Labute approximate surface area is 161 Å². The molecule has 1 amide bonds. The zero-order chi connectivity index (χ0) is 19.4. The second kappa shape index (κ2) is 8.01. The molecule has 2 heterocycles. The normalized spacial score (nSPS) is 17.6. The number of hydrogen-bond donors (Lipinski definition) is 1. The average Bonchev–Trinajstić information content (AvgIpc) is 3.20. The molecular weight excluding hydrogens is 388 g/mol. The van der Waals surface area contributed by atoms with Gasteiger partial charge in [-0.3, -0.25) is 14.9 Å². The summed E-state index contributed by atoms with van der Waals surface area (Å²) in [5.41, 5.74) is 2.85. The summed E-state index contributed by atoms with van der Waals surface area (Å²) in [6, 6.07) is 7.87. The number of esters is 1. The monoisotopic (exact) mass is 406 g/mol. The Bertz CT molecular complexity index is 977. The van der Waals surface area contributed by atoms with E-state index in [0.29, 0.717) is 5.13 Å². The summed E-state index contributed by atoms with van der Waals surface area (Å²) in [6.45, 7) is 1.56. The first-order valence-corrected chi connectivity index (χ1v) is 10.8. The zero-order valence-corrected chi connectivity index (χ0v) is 16.2. The maximum atomic E-state index is 11.9. The van der Waals surface area contributed by atoms with E-state index in [1.165, 1.54) is 17.4 Å². The molecule has 27 heavy (non-hydrogen) atoms. The van der Waals surface area contributed by atoms with Gasteiger partial charge in [-0.05, 0) is 6.92 Å². The molecule has 1 aromatic carbocycles. The van der Waals surface area contributed by atoms with E-state index in [-0.39, 0.29) is 12.2 Å². The predicted octanol–water partition coefficient (Wildman–Crippen LogP) is 2.55. The van der Waals surface area contributed by atoms with Crippen molar-refractivity contribution in [1.29, 1.82) is 0 Å². The van der Waals surface area contributed by atoms with Crippen LogP contribution < -0.4 is 5.32 Å². The van der Waals surface area contributed by atoms with Gasteiger partial charge in [0.1, 0.15) is 0 Å². The molecule has 0 fully saturated rings. The molecule has 1 aliphatic rings. The van der Waals surface area contributed by atoms with Gasteiger partial charge in [0.05, 0.1) is 17.9 Å². The number of nitrogens with zero attached hydrogens (tertiary/aromatic N) is 1. The number of anilines is 1. The SMILES string of the molecule is Cc1ccc(-c2csc(NC(=O)COC(=O)CC3C=CS(=O)(=O)C3)n2)cc1. The first-order chi connectivity index (χ1) is 12.8. The van der Waals surface area contributed by atoms with Crippen molar-refractivity contribution in [3.8, 4) is 11.3 Å². The number of hydrogen-bond acceptors (Lipinski definition) is 7. The highest BCUT2D eigenvalue weighted by Gasteiger charge is 2.24. The van der Waals surface area contributed by atoms with Gasteiger partial charge in [0, 0.05) is 22.3 Å². The molecule has 0 bridgehead atoms. The summed E-state index contributed by atoms with van der Waals surface area (Å²) < 4.78 is 27.5. The van der Waals surface area contributed by atoms with E-state index in [0.717, 1.165) is 22.2 Å². The largest absolute Gasteiger partial charge is 0.456 e. The van der Waals surface area contributed by atoms with Crippen LogP contribution >= 0.6 is 11.3 Å². The first-order valence-electron chi connectivity index (χ1n) is 8.20. The number of rotatable bonds is 6. The minimum absolute atomic E-state index is 0.0716. The average molecular weight is 406 g/mol. The van der Waals surface area contributed by atoms with Gasteiger partial charge in [-0.2, -0.15) is 0 Å². The van der Waals surface area contributed by atoms with Crippen molar-refractivity contribution in [2.75, 3.05) is 17.7 Å². The number of thiazole rings is 1. The standard InChI is InChI=1S/C18H18N2O5S2/c1-12-2-4-14(5-3-12)15-10-26-18(19-15)20-16(21)9-25-17(22)8-13-6-7-27(23,24)11-13/h2-7,10,13H,8-9,11H2,1H3,(H,19,20,21). The molecule has 7 nitrogen and oxygen atoms in total. The number of carbonyl (C=O) groups is 2. The molecule has 0 saturated carbocycles. The lowest BCUT2D eigenvalue weighted by atomic mass is 10.1. The molecule has 2 aromatic rings. The van der Waals surface area contributed by atoms with E-state index in [2.05, 4.69) is 10.3 Å². The van der Waals surface area contributed by atoms with E-state index >= 15 is 0 Å². The van der Waals surface area contributed by atoms with Crippen LogP contribution in [-0.2, 0) is 24.2 Å². The van der Waals surface area contributed by atoms with Crippen molar-refractivity contribution in [2.24, 2.45) is 5.92 Å². The minimum Gasteiger partial charge on any atom is -0.456 e. The summed E-state index contributed by atoms with van der Waals surface area (Å²) in [6.07, 6.45) is 1.40.